The molecule has 5 atom stereocenters. The van der Waals surface area contributed by atoms with Gasteiger partial charge in [-0.25, -0.2) is 13.8 Å². The number of aromatic nitrogens is 2. The number of nitrogens with zero attached hydrogens (tertiary/aromatic N) is 1. The molecule has 1 aliphatic heterocycles. The summed E-state index contributed by atoms with van der Waals surface area (Å²) in [5.41, 5.74) is -0.262. The monoisotopic (exact) mass is 561 g/mol. The highest BCUT2D eigenvalue weighted by molar-refractivity contribution is 7.52. The third-order valence-corrected chi connectivity index (χ3v) is 7.57. The Morgan fingerprint density at radius 3 is 2.54 bits per heavy atom. The molecule has 1 saturated heterocycles. The maximum absolute atomic E-state index is 14.9. The Labute approximate surface area is 223 Å². The van der Waals surface area contributed by atoms with Crippen LogP contribution >= 0.6 is 7.75 Å². The fourth-order valence-electron chi connectivity index (χ4n) is 3.84. The van der Waals surface area contributed by atoms with E-state index in [1.807, 2.05) is 18.2 Å². The van der Waals surface area contributed by atoms with Crippen LogP contribution in [0, 0.1) is 6.92 Å². The van der Waals surface area contributed by atoms with E-state index in [4.69, 9.17) is 18.5 Å². The fraction of sp³-hybridized carbons (Fsp3) is 0.346. The van der Waals surface area contributed by atoms with Gasteiger partial charge in [0, 0.05) is 18.2 Å². The minimum absolute atomic E-state index is 0.0147. The molecule has 11 nitrogen and oxygen atoms in total. The number of esters is 1. The molecule has 2 aromatic carbocycles. The van der Waals surface area contributed by atoms with Crippen LogP contribution < -0.4 is 20.9 Å². The zero-order valence-corrected chi connectivity index (χ0v) is 22.2. The summed E-state index contributed by atoms with van der Waals surface area (Å²) in [7, 11) is -4.26. The maximum atomic E-state index is 14.9. The summed E-state index contributed by atoms with van der Waals surface area (Å²) in [5.74, 6) is -0.511. The molecule has 1 aliphatic rings. The zero-order chi connectivity index (χ0) is 28.0. The summed E-state index contributed by atoms with van der Waals surface area (Å²) in [5, 5.41) is 2.55. The summed E-state index contributed by atoms with van der Waals surface area (Å²) in [6, 6.07) is 16.1. The minimum atomic E-state index is -4.26. The van der Waals surface area contributed by atoms with E-state index in [0.29, 0.717) is 0 Å². The lowest BCUT2D eigenvalue weighted by molar-refractivity contribution is -0.146. The first kappa shape index (κ1) is 28.4. The molecule has 0 radical (unpaired) electrons. The van der Waals surface area contributed by atoms with Crippen LogP contribution in [0.2, 0.25) is 0 Å². The molecule has 13 heteroatoms. The largest absolute Gasteiger partial charge is 0.460 e. The van der Waals surface area contributed by atoms with Crippen molar-refractivity contribution in [3.8, 4) is 5.75 Å². The van der Waals surface area contributed by atoms with Crippen LogP contribution in [0.3, 0.4) is 0 Å². The van der Waals surface area contributed by atoms with E-state index in [2.05, 4.69) is 10.1 Å². The minimum Gasteiger partial charge on any atom is -0.460 e. The molecule has 208 valence electrons. The van der Waals surface area contributed by atoms with Crippen molar-refractivity contribution in [2.24, 2.45) is 0 Å². The van der Waals surface area contributed by atoms with Gasteiger partial charge < -0.3 is 14.0 Å². The van der Waals surface area contributed by atoms with Crippen molar-refractivity contribution in [3.63, 3.8) is 0 Å². The first-order valence-corrected chi connectivity index (χ1v) is 13.8. The highest BCUT2D eigenvalue weighted by Crippen LogP contribution is 2.46. The van der Waals surface area contributed by atoms with Gasteiger partial charge in [-0.3, -0.25) is 23.7 Å². The zero-order valence-electron chi connectivity index (χ0n) is 21.3. The van der Waals surface area contributed by atoms with Gasteiger partial charge in [0.25, 0.3) is 5.56 Å². The lowest BCUT2D eigenvalue weighted by atomic mass is 10.2. The molecular weight excluding hydrogens is 532 g/mol. The van der Waals surface area contributed by atoms with Crippen molar-refractivity contribution < 1.29 is 32.3 Å². The van der Waals surface area contributed by atoms with Crippen LogP contribution in [0.4, 0.5) is 4.39 Å². The summed E-state index contributed by atoms with van der Waals surface area (Å²) in [6.07, 6.45) is -2.70. The molecule has 0 bridgehead atoms. The molecule has 4 rings (SSSR count). The van der Waals surface area contributed by atoms with Crippen LogP contribution in [0.25, 0.3) is 0 Å². The number of nitrogens with one attached hydrogen (secondary N) is 2. The van der Waals surface area contributed by atoms with Gasteiger partial charge in [-0.2, -0.15) is 5.09 Å². The number of halogens is 1. The number of benzene rings is 2. The smallest absolute Gasteiger partial charge is 0.459 e. The van der Waals surface area contributed by atoms with E-state index >= 15 is 0 Å². The molecule has 1 aromatic heterocycles. The van der Waals surface area contributed by atoms with Crippen molar-refractivity contribution in [3.05, 3.63) is 98.8 Å². The lowest BCUT2D eigenvalue weighted by Gasteiger charge is -2.24. The number of hydrogen-bond acceptors (Lipinski definition) is 8. The second-order valence-corrected chi connectivity index (χ2v) is 10.7. The number of para-hydroxylation sites is 1. The van der Waals surface area contributed by atoms with Crippen molar-refractivity contribution in [2.75, 3.05) is 6.61 Å². The van der Waals surface area contributed by atoms with Gasteiger partial charge in [-0.15, -0.1) is 0 Å². The summed E-state index contributed by atoms with van der Waals surface area (Å²) >= 11 is 0. The Hall–Kier alpha value is -3.57. The second-order valence-electron chi connectivity index (χ2n) is 9.00. The van der Waals surface area contributed by atoms with Crippen molar-refractivity contribution in [1.82, 2.24) is 14.6 Å². The molecule has 1 fully saturated rings. The number of carbonyl (C=O) groups is 1. The number of aryl methyl sites for hydroxylation is 1. The van der Waals surface area contributed by atoms with Crippen LogP contribution in [0.15, 0.2) is 76.4 Å². The number of rotatable bonds is 11. The van der Waals surface area contributed by atoms with Gasteiger partial charge in [-0.05, 0) is 31.5 Å². The SMILES string of the molecule is Cc1cn([C@H]2C[C@H](F)[C@@H](COP(=O)(N[C@@H](C)C(=O)OCc3ccccc3)Oc3ccccc3)O2)c(=O)[nH]c1=O. The lowest BCUT2D eigenvalue weighted by Crippen LogP contribution is -2.36. The average Bonchev–Trinajstić information content (AvgIpc) is 3.29. The Balaban J connectivity index is 1.43. The highest BCUT2D eigenvalue weighted by Gasteiger charge is 2.40. The number of carbonyl (C=O) groups excluding carboxylic acids is 1. The molecule has 1 unspecified atom stereocenters. The molecule has 3 aromatic rings. The normalized spacial score (nSPS) is 21.2. The van der Waals surface area contributed by atoms with E-state index in [1.165, 1.54) is 20.0 Å². The molecular formula is C26H29FN3O8P. The average molecular weight is 562 g/mol. The molecule has 2 heterocycles. The van der Waals surface area contributed by atoms with Gasteiger partial charge in [0.15, 0.2) is 0 Å². The Kier molecular flexibility index (Phi) is 9.13. The van der Waals surface area contributed by atoms with E-state index in [-0.39, 0.29) is 24.3 Å². The van der Waals surface area contributed by atoms with Crippen molar-refractivity contribution in [1.29, 1.82) is 0 Å². The molecule has 0 spiro atoms. The van der Waals surface area contributed by atoms with Crippen LogP contribution in [0.1, 0.15) is 30.7 Å². The number of aromatic amines is 1. The van der Waals surface area contributed by atoms with Crippen LogP contribution in [0.5, 0.6) is 5.75 Å². The van der Waals surface area contributed by atoms with E-state index in [0.717, 1.165) is 10.1 Å². The first-order chi connectivity index (χ1) is 18.6. The molecule has 0 saturated carbocycles. The number of hydrogen-bond donors (Lipinski definition) is 2. The summed E-state index contributed by atoms with van der Waals surface area (Å²) in [4.78, 5) is 38.6. The maximum Gasteiger partial charge on any atom is 0.459 e. The fourth-order valence-corrected chi connectivity index (χ4v) is 5.34. The van der Waals surface area contributed by atoms with Gasteiger partial charge in [0.1, 0.15) is 36.9 Å². The topological polar surface area (TPSA) is 138 Å². The van der Waals surface area contributed by atoms with Crippen LogP contribution in [-0.2, 0) is 30.0 Å². The summed E-state index contributed by atoms with van der Waals surface area (Å²) < 4.78 is 51.7. The van der Waals surface area contributed by atoms with Gasteiger partial charge in [0.05, 0.1) is 6.61 Å². The van der Waals surface area contributed by atoms with Crippen molar-refractivity contribution in [2.45, 2.75) is 51.4 Å². The first-order valence-electron chi connectivity index (χ1n) is 12.2. The van der Waals surface area contributed by atoms with E-state index in [1.54, 1.807) is 42.5 Å². The molecule has 0 aliphatic carbocycles. The predicted molar refractivity (Wildman–Crippen MR) is 139 cm³/mol. The van der Waals surface area contributed by atoms with Crippen LogP contribution in [-0.4, -0.2) is 40.4 Å². The van der Waals surface area contributed by atoms with E-state index in [9.17, 15) is 23.3 Å². The molecule has 0 amide bonds. The van der Waals surface area contributed by atoms with E-state index < -0.39 is 56.1 Å². The third kappa shape index (κ3) is 7.51. The standard InChI is InChI=1S/C26H29FN3O8P/c1-17-14-30(26(33)28-24(17)31)23-13-21(27)22(37-23)16-36-39(34,38-20-11-7-4-8-12-20)29-18(2)25(32)35-15-19-9-5-3-6-10-19/h3-12,14,18,21-23H,13,15-16H2,1-2H3,(H,29,34)(H,28,31,33)/t18-,21-,22+,23+,39?/m0/s1. The quantitative estimate of drug-likeness (QED) is 0.267. The molecule has 39 heavy (non-hydrogen) atoms. The number of H-pyrrole nitrogens is 1. The third-order valence-electron chi connectivity index (χ3n) is 5.93. The van der Waals surface area contributed by atoms with Crippen molar-refractivity contribution >= 4 is 13.7 Å². The predicted octanol–water partition coefficient (Wildman–Crippen LogP) is 3.40. The molecule has 2 N–H and O–H groups in total. The van der Waals surface area contributed by atoms with Gasteiger partial charge >= 0.3 is 19.4 Å². The number of alkyl halides is 1. The highest BCUT2D eigenvalue weighted by atomic mass is 31.2. The Bertz CT molecular complexity index is 1430. The second kappa shape index (κ2) is 12.5. The Morgan fingerprint density at radius 2 is 1.85 bits per heavy atom. The van der Waals surface area contributed by atoms with Gasteiger partial charge in [0.2, 0.25) is 0 Å². The Morgan fingerprint density at radius 1 is 1.18 bits per heavy atom. The summed E-state index contributed by atoms with van der Waals surface area (Å²) in [6.45, 7) is 2.44. The number of ether oxygens (including phenoxy) is 2. The van der Waals surface area contributed by atoms with Gasteiger partial charge in [-0.1, -0.05) is 48.5 Å².